The number of nitrogens with one attached hydrogen (secondary N) is 2. The largest absolute Gasteiger partial charge is 0.394 e. The first-order valence-electron chi connectivity index (χ1n) is 6.87. The monoisotopic (exact) mass is 315 g/mol. The Morgan fingerprint density at radius 3 is 2.57 bits per heavy atom. The van der Waals surface area contributed by atoms with E-state index in [-0.39, 0.29) is 23.1 Å². The minimum absolute atomic E-state index is 0.0436. The lowest BCUT2D eigenvalue weighted by atomic mass is 9.99. The lowest BCUT2D eigenvalue weighted by molar-refractivity contribution is 0.0830. The van der Waals surface area contributed by atoms with Crippen LogP contribution < -0.4 is 10.0 Å². The van der Waals surface area contributed by atoms with Crippen LogP contribution in [0.4, 0.5) is 0 Å². The van der Waals surface area contributed by atoms with E-state index in [4.69, 9.17) is 0 Å². The van der Waals surface area contributed by atoms with Gasteiger partial charge in [-0.05, 0) is 26.0 Å². The van der Waals surface area contributed by atoms with Gasteiger partial charge in [0.2, 0.25) is 10.0 Å². The van der Waals surface area contributed by atoms with Crippen LogP contribution in [-0.4, -0.2) is 43.2 Å². The molecule has 7 nitrogen and oxygen atoms in total. The number of carbonyl (C=O) groups excluding carboxylic acids is 1. The summed E-state index contributed by atoms with van der Waals surface area (Å²) in [5.41, 5.74) is -0.327. The number of nitrogens with zero attached hydrogens (tertiary/aromatic N) is 1. The molecule has 1 saturated carbocycles. The first kappa shape index (κ1) is 16.0. The van der Waals surface area contributed by atoms with Crippen molar-refractivity contribution in [3.8, 4) is 0 Å². The van der Waals surface area contributed by atoms with Crippen LogP contribution in [0.3, 0.4) is 0 Å². The van der Waals surface area contributed by atoms with Crippen LogP contribution in [0.25, 0.3) is 0 Å². The van der Waals surface area contributed by atoms with E-state index < -0.39 is 15.6 Å². The molecular weight excluding hydrogens is 294 g/mol. The molecule has 2 rings (SSSR count). The van der Waals surface area contributed by atoms with Gasteiger partial charge in [0, 0.05) is 13.2 Å². The van der Waals surface area contributed by atoms with Crippen molar-refractivity contribution >= 4 is 15.9 Å². The summed E-state index contributed by atoms with van der Waals surface area (Å²) in [6.07, 6.45) is 4.80. The highest BCUT2D eigenvalue weighted by Gasteiger charge is 2.35. The second kappa shape index (κ2) is 5.78. The van der Waals surface area contributed by atoms with Crippen LogP contribution in [0.15, 0.2) is 17.2 Å². The molecule has 1 fully saturated rings. The molecule has 0 atom stereocenters. The molecule has 0 radical (unpaired) electrons. The summed E-state index contributed by atoms with van der Waals surface area (Å²) >= 11 is 0. The minimum atomic E-state index is -3.58. The fourth-order valence-electron chi connectivity index (χ4n) is 2.70. The number of aromatic nitrogens is 1. The summed E-state index contributed by atoms with van der Waals surface area (Å²) in [6.45, 7) is -0.106. The predicted molar refractivity (Wildman–Crippen MR) is 77.4 cm³/mol. The van der Waals surface area contributed by atoms with E-state index in [2.05, 4.69) is 10.0 Å². The maximum absolute atomic E-state index is 12.4. The van der Waals surface area contributed by atoms with E-state index in [1.54, 1.807) is 7.05 Å². The van der Waals surface area contributed by atoms with Gasteiger partial charge in [-0.25, -0.2) is 13.1 Å². The summed E-state index contributed by atoms with van der Waals surface area (Å²) < 4.78 is 27.2. The minimum Gasteiger partial charge on any atom is -0.394 e. The van der Waals surface area contributed by atoms with E-state index in [9.17, 15) is 18.3 Å². The van der Waals surface area contributed by atoms with Gasteiger partial charge in [-0.2, -0.15) is 0 Å². The van der Waals surface area contributed by atoms with Gasteiger partial charge in [0.1, 0.15) is 10.6 Å². The van der Waals surface area contributed by atoms with E-state index in [0.717, 1.165) is 25.7 Å². The fraction of sp³-hybridized carbons (Fsp3) is 0.615. The predicted octanol–water partition coefficient (Wildman–Crippen LogP) is -0.0319. The number of hydrogen-bond donors (Lipinski definition) is 3. The smallest absolute Gasteiger partial charge is 0.268 e. The molecule has 21 heavy (non-hydrogen) atoms. The van der Waals surface area contributed by atoms with Crippen molar-refractivity contribution in [1.82, 2.24) is 14.6 Å². The Labute approximate surface area is 124 Å². The van der Waals surface area contributed by atoms with E-state index in [1.807, 2.05) is 0 Å². The average molecular weight is 315 g/mol. The van der Waals surface area contributed by atoms with Gasteiger partial charge in [0.15, 0.2) is 0 Å². The second-order valence-electron chi connectivity index (χ2n) is 5.48. The number of rotatable bonds is 5. The Morgan fingerprint density at radius 1 is 1.43 bits per heavy atom. The molecule has 118 valence electrons. The number of amides is 1. The van der Waals surface area contributed by atoms with Crippen molar-refractivity contribution < 1.29 is 18.3 Å². The van der Waals surface area contributed by atoms with Crippen molar-refractivity contribution in [2.75, 3.05) is 13.7 Å². The van der Waals surface area contributed by atoms with Crippen LogP contribution in [0.1, 0.15) is 36.2 Å². The normalized spacial score (nSPS) is 17.9. The van der Waals surface area contributed by atoms with Crippen molar-refractivity contribution in [2.45, 2.75) is 36.1 Å². The number of sulfonamides is 1. The average Bonchev–Trinajstić information content (AvgIpc) is 3.06. The van der Waals surface area contributed by atoms with Crippen LogP contribution in [0, 0.1) is 0 Å². The number of hydrogen-bond acceptors (Lipinski definition) is 4. The van der Waals surface area contributed by atoms with Crippen molar-refractivity contribution in [3.05, 3.63) is 18.0 Å². The molecule has 0 aliphatic heterocycles. The van der Waals surface area contributed by atoms with Crippen molar-refractivity contribution in [2.24, 2.45) is 7.05 Å². The third kappa shape index (κ3) is 3.12. The first-order valence-corrected chi connectivity index (χ1v) is 8.35. The number of carbonyl (C=O) groups is 1. The molecule has 0 unspecified atom stereocenters. The third-order valence-corrected chi connectivity index (χ3v) is 5.41. The van der Waals surface area contributed by atoms with Gasteiger partial charge in [-0.1, -0.05) is 12.8 Å². The molecule has 1 heterocycles. The van der Waals surface area contributed by atoms with Crippen LogP contribution in [0.2, 0.25) is 0 Å². The molecule has 0 bridgehead atoms. The molecule has 1 aromatic heterocycles. The Hall–Kier alpha value is -1.38. The molecule has 3 N–H and O–H groups in total. The van der Waals surface area contributed by atoms with Crippen LogP contribution in [-0.2, 0) is 17.1 Å². The molecule has 1 aliphatic carbocycles. The molecule has 0 spiro atoms. The number of aryl methyl sites for hydroxylation is 1. The quantitative estimate of drug-likeness (QED) is 0.710. The van der Waals surface area contributed by atoms with E-state index in [1.165, 1.54) is 23.9 Å². The number of aliphatic hydroxyl groups is 1. The molecule has 1 aliphatic rings. The number of aliphatic hydroxyl groups excluding tert-OH is 1. The molecule has 8 heteroatoms. The summed E-state index contributed by atoms with van der Waals surface area (Å²) in [4.78, 5) is 12.4. The highest BCUT2D eigenvalue weighted by atomic mass is 32.2. The molecule has 1 aromatic rings. The van der Waals surface area contributed by atoms with E-state index in [0.29, 0.717) is 0 Å². The van der Waals surface area contributed by atoms with Gasteiger partial charge in [-0.3, -0.25) is 4.79 Å². The zero-order valence-corrected chi connectivity index (χ0v) is 13.0. The maximum Gasteiger partial charge on any atom is 0.268 e. The van der Waals surface area contributed by atoms with Gasteiger partial charge in [-0.15, -0.1) is 0 Å². The van der Waals surface area contributed by atoms with Crippen molar-refractivity contribution in [3.63, 3.8) is 0 Å². The van der Waals surface area contributed by atoms with Gasteiger partial charge < -0.3 is 15.0 Å². The topological polar surface area (TPSA) is 100 Å². The molecular formula is C13H21N3O4S. The summed E-state index contributed by atoms with van der Waals surface area (Å²) in [6, 6.07) is 1.33. The lowest BCUT2D eigenvalue weighted by Crippen LogP contribution is -2.49. The summed E-state index contributed by atoms with van der Waals surface area (Å²) in [7, 11) is -0.646. The van der Waals surface area contributed by atoms with Gasteiger partial charge in [0.25, 0.3) is 5.91 Å². The van der Waals surface area contributed by atoms with Gasteiger partial charge in [0.05, 0.1) is 12.1 Å². The Kier molecular flexibility index (Phi) is 4.40. The maximum atomic E-state index is 12.4. The van der Waals surface area contributed by atoms with E-state index >= 15 is 0 Å². The first-order chi connectivity index (χ1) is 9.83. The standard InChI is InChI=1S/C13H21N3O4S/c1-14-21(19,20)10-7-11(16(2)8-10)12(18)15-13(9-17)5-3-4-6-13/h7-8,14,17H,3-6,9H2,1-2H3,(H,15,18). The zero-order valence-electron chi connectivity index (χ0n) is 12.2. The zero-order chi connectivity index (χ0) is 15.7. The Bertz CT molecular complexity index is 630. The SMILES string of the molecule is CNS(=O)(=O)c1cc(C(=O)NC2(CO)CCCC2)n(C)c1. The third-order valence-electron chi connectivity index (χ3n) is 4.03. The Morgan fingerprint density at radius 2 is 2.05 bits per heavy atom. The highest BCUT2D eigenvalue weighted by molar-refractivity contribution is 7.89. The summed E-state index contributed by atoms with van der Waals surface area (Å²) in [5.74, 6) is -0.369. The Balaban J connectivity index is 2.24. The highest BCUT2D eigenvalue weighted by Crippen LogP contribution is 2.29. The van der Waals surface area contributed by atoms with Gasteiger partial charge >= 0.3 is 0 Å². The molecule has 0 saturated heterocycles. The summed E-state index contributed by atoms with van der Waals surface area (Å²) in [5, 5.41) is 12.4. The van der Waals surface area contributed by atoms with Crippen LogP contribution >= 0.6 is 0 Å². The van der Waals surface area contributed by atoms with Crippen LogP contribution in [0.5, 0.6) is 0 Å². The lowest BCUT2D eigenvalue weighted by Gasteiger charge is -2.27. The molecule has 0 aromatic carbocycles. The fourth-order valence-corrected chi connectivity index (χ4v) is 3.50. The second-order valence-corrected chi connectivity index (χ2v) is 7.37. The molecule has 1 amide bonds. The van der Waals surface area contributed by atoms with Crippen molar-refractivity contribution in [1.29, 1.82) is 0 Å².